The summed E-state index contributed by atoms with van der Waals surface area (Å²) in [6.07, 6.45) is 6.58. The van der Waals surface area contributed by atoms with Gasteiger partial charge in [-0.15, -0.1) is 0 Å². The van der Waals surface area contributed by atoms with Crippen LogP contribution in [-0.4, -0.2) is 35.6 Å². The van der Waals surface area contributed by atoms with E-state index < -0.39 is 10.0 Å². The molecule has 8 heteroatoms. The molecule has 2 aromatic carbocycles. The zero-order valence-corrected chi connectivity index (χ0v) is 18.0. The number of nitrogens with one attached hydrogen (secondary N) is 1. The number of Topliss-reactive ketones (excluding diaryl/α,β-unsaturated/α-hetero) is 1. The fraction of sp³-hybridized carbons (Fsp3) is 0.0833. The van der Waals surface area contributed by atoms with Gasteiger partial charge in [0, 0.05) is 46.7 Å². The molecular formula is C24H19N3O4S. The Kier molecular flexibility index (Phi) is 4.79. The number of ether oxygens (including phenoxy) is 1. The molecule has 4 aromatic rings. The summed E-state index contributed by atoms with van der Waals surface area (Å²) in [5, 5.41) is 0.851. The lowest BCUT2D eigenvalue weighted by Crippen LogP contribution is -2.38. The van der Waals surface area contributed by atoms with Gasteiger partial charge in [0.05, 0.1) is 18.6 Å². The lowest BCUT2D eigenvalue weighted by atomic mass is 10.0. The SMILES string of the molecule is COc1ccc2c(/C=C3/C(=O)c4ccccc4S(=O)(=O)N3Cc3cccnc3)c[nH]c2c1. The maximum Gasteiger partial charge on any atom is 0.265 e. The standard InChI is InChI=1S/C24H19N3O4S/c1-31-18-8-9-19-17(14-26-21(19)12-18)11-22-24(28)20-6-2-3-7-23(20)32(29,30)27(22)15-16-5-4-10-25-13-16/h2-14,26H,15H2,1H3/b22-11-. The zero-order chi connectivity index (χ0) is 22.3. The maximum absolute atomic E-state index is 13.5. The molecule has 0 aliphatic carbocycles. The van der Waals surface area contributed by atoms with E-state index in [4.69, 9.17) is 4.74 Å². The summed E-state index contributed by atoms with van der Waals surface area (Å²) in [7, 11) is -2.35. The maximum atomic E-state index is 13.5. The number of carbonyl (C=O) groups excluding carboxylic acids is 1. The number of H-pyrrole nitrogens is 1. The Bertz CT molecular complexity index is 1470. The zero-order valence-electron chi connectivity index (χ0n) is 17.1. The lowest BCUT2D eigenvalue weighted by molar-refractivity contribution is 0.100. The van der Waals surface area contributed by atoms with Gasteiger partial charge in [-0.25, -0.2) is 8.42 Å². The lowest BCUT2D eigenvalue weighted by Gasteiger charge is -2.31. The van der Waals surface area contributed by atoms with E-state index in [1.807, 2.05) is 18.2 Å². The highest BCUT2D eigenvalue weighted by molar-refractivity contribution is 7.89. The van der Waals surface area contributed by atoms with Gasteiger partial charge in [-0.3, -0.25) is 14.1 Å². The van der Waals surface area contributed by atoms with Gasteiger partial charge >= 0.3 is 0 Å². The molecule has 0 amide bonds. The van der Waals surface area contributed by atoms with Crippen LogP contribution in [0.2, 0.25) is 0 Å². The predicted molar refractivity (Wildman–Crippen MR) is 121 cm³/mol. The van der Waals surface area contributed by atoms with Crippen LogP contribution in [-0.2, 0) is 16.6 Å². The summed E-state index contributed by atoms with van der Waals surface area (Å²) >= 11 is 0. The van der Waals surface area contributed by atoms with Crippen molar-refractivity contribution in [1.29, 1.82) is 0 Å². The predicted octanol–water partition coefficient (Wildman–Crippen LogP) is 4.00. The molecule has 0 saturated heterocycles. The number of hydrogen-bond donors (Lipinski definition) is 1. The van der Waals surface area contributed by atoms with Gasteiger partial charge in [-0.05, 0) is 42.0 Å². The summed E-state index contributed by atoms with van der Waals surface area (Å²) < 4.78 is 33.5. The Labute approximate surface area is 185 Å². The number of hydrogen-bond acceptors (Lipinski definition) is 5. The molecule has 0 unspecified atom stereocenters. The second-order valence-electron chi connectivity index (χ2n) is 7.38. The number of benzene rings is 2. The number of allylic oxidation sites excluding steroid dienone is 1. The molecule has 32 heavy (non-hydrogen) atoms. The molecule has 1 aliphatic rings. The molecule has 1 aliphatic heterocycles. The van der Waals surface area contributed by atoms with Crippen molar-refractivity contribution in [3.8, 4) is 5.75 Å². The Morgan fingerprint density at radius 3 is 2.75 bits per heavy atom. The van der Waals surface area contributed by atoms with E-state index in [1.54, 1.807) is 62.1 Å². The molecule has 0 atom stereocenters. The number of pyridine rings is 1. The van der Waals surface area contributed by atoms with E-state index in [9.17, 15) is 13.2 Å². The first-order chi connectivity index (χ1) is 15.5. The fourth-order valence-corrected chi connectivity index (χ4v) is 5.51. The highest BCUT2D eigenvalue weighted by atomic mass is 32.2. The summed E-state index contributed by atoms with van der Waals surface area (Å²) in [4.78, 5) is 20.7. The van der Waals surface area contributed by atoms with E-state index in [-0.39, 0.29) is 28.5 Å². The number of fused-ring (bicyclic) bond motifs is 2. The van der Waals surface area contributed by atoms with Gasteiger partial charge < -0.3 is 9.72 Å². The second-order valence-corrected chi connectivity index (χ2v) is 9.21. The number of sulfonamides is 1. The van der Waals surface area contributed by atoms with Crippen molar-refractivity contribution >= 4 is 32.8 Å². The van der Waals surface area contributed by atoms with Crippen LogP contribution in [0.1, 0.15) is 21.5 Å². The number of ketones is 1. The molecule has 0 spiro atoms. The fourth-order valence-electron chi connectivity index (χ4n) is 3.87. The molecule has 1 N–H and O–H groups in total. The molecule has 0 saturated carbocycles. The van der Waals surface area contributed by atoms with Crippen molar-refractivity contribution in [2.75, 3.05) is 7.11 Å². The summed E-state index contributed by atoms with van der Waals surface area (Å²) in [6, 6.07) is 15.4. The number of aromatic nitrogens is 2. The largest absolute Gasteiger partial charge is 0.497 e. The van der Waals surface area contributed by atoms with Crippen molar-refractivity contribution in [1.82, 2.24) is 14.3 Å². The van der Waals surface area contributed by atoms with Gasteiger partial charge in [0.25, 0.3) is 10.0 Å². The minimum absolute atomic E-state index is 0.00173. The smallest absolute Gasteiger partial charge is 0.265 e. The van der Waals surface area contributed by atoms with Crippen molar-refractivity contribution in [2.45, 2.75) is 11.4 Å². The van der Waals surface area contributed by atoms with Gasteiger partial charge in [-0.2, -0.15) is 0 Å². The molecule has 3 heterocycles. The molecule has 7 nitrogen and oxygen atoms in total. The average molecular weight is 446 g/mol. The van der Waals surface area contributed by atoms with E-state index in [1.165, 1.54) is 6.07 Å². The Morgan fingerprint density at radius 2 is 1.97 bits per heavy atom. The van der Waals surface area contributed by atoms with Gasteiger partial charge in [0.1, 0.15) is 11.4 Å². The van der Waals surface area contributed by atoms with Crippen molar-refractivity contribution in [3.05, 3.63) is 95.6 Å². The Balaban J connectivity index is 1.70. The monoisotopic (exact) mass is 445 g/mol. The molecule has 0 fully saturated rings. The first-order valence-electron chi connectivity index (χ1n) is 9.91. The van der Waals surface area contributed by atoms with Crippen LogP contribution in [0.15, 0.2) is 83.8 Å². The van der Waals surface area contributed by atoms with Crippen LogP contribution in [0.25, 0.3) is 17.0 Å². The van der Waals surface area contributed by atoms with Gasteiger partial charge in [0.15, 0.2) is 0 Å². The van der Waals surface area contributed by atoms with E-state index >= 15 is 0 Å². The van der Waals surface area contributed by atoms with Crippen LogP contribution in [0.4, 0.5) is 0 Å². The first kappa shape index (κ1) is 20.0. The quantitative estimate of drug-likeness (QED) is 0.480. The van der Waals surface area contributed by atoms with Crippen molar-refractivity contribution in [3.63, 3.8) is 0 Å². The van der Waals surface area contributed by atoms with E-state index in [0.717, 1.165) is 15.2 Å². The van der Waals surface area contributed by atoms with Crippen LogP contribution in [0.5, 0.6) is 5.75 Å². The normalized spacial score (nSPS) is 16.3. The number of rotatable bonds is 4. The number of nitrogens with zero attached hydrogens (tertiary/aromatic N) is 2. The first-order valence-corrected chi connectivity index (χ1v) is 11.4. The van der Waals surface area contributed by atoms with Gasteiger partial charge in [-0.1, -0.05) is 18.2 Å². The minimum Gasteiger partial charge on any atom is -0.497 e. The molecule has 2 aromatic heterocycles. The van der Waals surface area contributed by atoms with Crippen molar-refractivity contribution < 1.29 is 17.9 Å². The molecular weight excluding hydrogens is 426 g/mol. The Morgan fingerprint density at radius 1 is 1.12 bits per heavy atom. The number of carbonyl (C=O) groups is 1. The van der Waals surface area contributed by atoms with Crippen molar-refractivity contribution in [2.24, 2.45) is 0 Å². The summed E-state index contributed by atoms with van der Waals surface area (Å²) in [6.45, 7) is -0.00173. The van der Waals surface area contributed by atoms with Crippen LogP contribution in [0, 0.1) is 0 Å². The van der Waals surface area contributed by atoms with E-state index in [2.05, 4.69) is 9.97 Å². The number of methoxy groups -OCH3 is 1. The Hall–Kier alpha value is -3.91. The van der Waals surface area contributed by atoms with Crippen LogP contribution < -0.4 is 4.74 Å². The topological polar surface area (TPSA) is 92.4 Å². The third kappa shape index (κ3) is 3.25. The summed E-state index contributed by atoms with van der Waals surface area (Å²) in [5.41, 5.74) is 2.46. The van der Waals surface area contributed by atoms with Gasteiger partial charge in [0.2, 0.25) is 5.78 Å². The average Bonchev–Trinajstić information content (AvgIpc) is 3.22. The van der Waals surface area contributed by atoms with Crippen LogP contribution >= 0.6 is 0 Å². The second kappa shape index (κ2) is 7.65. The minimum atomic E-state index is -3.94. The van der Waals surface area contributed by atoms with E-state index in [0.29, 0.717) is 16.9 Å². The highest BCUT2D eigenvalue weighted by Crippen LogP contribution is 2.35. The third-order valence-corrected chi connectivity index (χ3v) is 7.28. The van der Waals surface area contributed by atoms with Crippen LogP contribution in [0.3, 0.4) is 0 Å². The highest BCUT2D eigenvalue weighted by Gasteiger charge is 2.39. The third-order valence-electron chi connectivity index (χ3n) is 5.46. The molecule has 160 valence electrons. The molecule has 5 rings (SSSR count). The molecule has 0 bridgehead atoms. The summed E-state index contributed by atoms with van der Waals surface area (Å²) in [5.74, 6) is 0.351. The number of aromatic amines is 1. The molecule has 0 radical (unpaired) electrons.